The number of hydrogen-bond donors (Lipinski definition) is 2. The van der Waals surface area contributed by atoms with Crippen LogP contribution in [0.3, 0.4) is 0 Å². The van der Waals surface area contributed by atoms with Gasteiger partial charge in [0.15, 0.2) is 0 Å². The fraction of sp³-hybridized carbons (Fsp3) is 0.714. The van der Waals surface area contributed by atoms with E-state index in [0.29, 0.717) is 26.4 Å². The summed E-state index contributed by atoms with van der Waals surface area (Å²) in [6, 6.07) is 1.90. The zero-order valence-electron chi connectivity index (χ0n) is 12.7. The van der Waals surface area contributed by atoms with E-state index in [9.17, 15) is 0 Å². The summed E-state index contributed by atoms with van der Waals surface area (Å²) in [6.07, 6.45) is 0.0786. The fourth-order valence-corrected chi connectivity index (χ4v) is 1.87. The molecule has 0 aromatic carbocycles. The quantitative estimate of drug-likeness (QED) is 0.874. The summed E-state index contributed by atoms with van der Waals surface area (Å²) >= 11 is 0. The Balaban J connectivity index is 2.06. The van der Waals surface area contributed by atoms with Crippen molar-refractivity contribution in [2.24, 2.45) is 0 Å². The van der Waals surface area contributed by atoms with Gasteiger partial charge in [0.1, 0.15) is 17.5 Å². The SMILES string of the molecule is CNc1cc(NCC2COCCO2)nc(C(C)(C)C)n1. The lowest BCUT2D eigenvalue weighted by molar-refractivity contribution is -0.0819. The molecule has 2 rings (SSSR count). The van der Waals surface area contributed by atoms with E-state index >= 15 is 0 Å². The third-order valence-corrected chi connectivity index (χ3v) is 3.05. The van der Waals surface area contributed by atoms with Gasteiger partial charge in [0.2, 0.25) is 0 Å². The zero-order valence-corrected chi connectivity index (χ0v) is 12.7. The van der Waals surface area contributed by atoms with E-state index in [1.54, 1.807) is 0 Å². The van der Waals surface area contributed by atoms with E-state index in [-0.39, 0.29) is 11.5 Å². The molecule has 0 bridgehead atoms. The van der Waals surface area contributed by atoms with Gasteiger partial charge >= 0.3 is 0 Å². The number of rotatable bonds is 4. The predicted octanol–water partition coefficient (Wildman–Crippen LogP) is 1.64. The van der Waals surface area contributed by atoms with E-state index in [4.69, 9.17) is 9.47 Å². The second-order valence-electron chi connectivity index (χ2n) is 5.91. The fourth-order valence-electron chi connectivity index (χ4n) is 1.87. The summed E-state index contributed by atoms with van der Waals surface area (Å²) in [7, 11) is 1.86. The highest BCUT2D eigenvalue weighted by atomic mass is 16.6. The van der Waals surface area contributed by atoms with Crippen molar-refractivity contribution in [3.05, 3.63) is 11.9 Å². The van der Waals surface area contributed by atoms with Crippen molar-refractivity contribution < 1.29 is 9.47 Å². The van der Waals surface area contributed by atoms with Crippen LogP contribution in [-0.2, 0) is 14.9 Å². The molecule has 112 valence electrons. The van der Waals surface area contributed by atoms with Gasteiger partial charge in [0, 0.05) is 25.1 Å². The summed E-state index contributed by atoms with van der Waals surface area (Å²) in [5, 5.41) is 6.38. The first-order valence-corrected chi connectivity index (χ1v) is 6.99. The van der Waals surface area contributed by atoms with Gasteiger partial charge in [0.05, 0.1) is 25.9 Å². The van der Waals surface area contributed by atoms with Crippen molar-refractivity contribution >= 4 is 11.6 Å². The smallest absolute Gasteiger partial charge is 0.138 e. The van der Waals surface area contributed by atoms with Crippen molar-refractivity contribution in [3.63, 3.8) is 0 Å². The van der Waals surface area contributed by atoms with Crippen LogP contribution >= 0.6 is 0 Å². The van der Waals surface area contributed by atoms with Crippen LogP contribution in [0.15, 0.2) is 6.07 Å². The summed E-state index contributed by atoms with van der Waals surface area (Å²) in [5.74, 6) is 2.43. The van der Waals surface area contributed by atoms with Gasteiger partial charge < -0.3 is 20.1 Å². The first-order valence-electron chi connectivity index (χ1n) is 6.99. The highest BCUT2D eigenvalue weighted by Crippen LogP contribution is 2.22. The third-order valence-electron chi connectivity index (χ3n) is 3.05. The van der Waals surface area contributed by atoms with Crippen molar-refractivity contribution in [1.82, 2.24) is 9.97 Å². The third kappa shape index (κ3) is 4.05. The van der Waals surface area contributed by atoms with Crippen LogP contribution in [0.25, 0.3) is 0 Å². The van der Waals surface area contributed by atoms with Crippen LogP contribution in [0, 0.1) is 0 Å². The minimum absolute atomic E-state index is 0.0786. The van der Waals surface area contributed by atoms with E-state index < -0.39 is 0 Å². The van der Waals surface area contributed by atoms with Gasteiger partial charge in [-0.25, -0.2) is 9.97 Å². The lowest BCUT2D eigenvalue weighted by Crippen LogP contribution is -2.34. The monoisotopic (exact) mass is 280 g/mol. The molecule has 1 aliphatic rings. The van der Waals surface area contributed by atoms with Gasteiger partial charge in [-0.1, -0.05) is 20.8 Å². The maximum Gasteiger partial charge on any atom is 0.138 e. The van der Waals surface area contributed by atoms with Gasteiger partial charge in [-0.15, -0.1) is 0 Å². The number of hydrogen-bond acceptors (Lipinski definition) is 6. The van der Waals surface area contributed by atoms with Gasteiger partial charge in [-0.05, 0) is 0 Å². The Morgan fingerprint density at radius 2 is 2.00 bits per heavy atom. The molecule has 1 aromatic heterocycles. The largest absolute Gasteiger partial charge is 0.376 e. The second kappa shape index (κ2) is 6.37. The highest BCUT2D eigenvalue weighted by Gasteiger charge is 2.20. The van der Waals surface area contributed by atoms with Gasteiger partial charge in [-0.3, -0.25) is 0 Å². The Labute approximate surface area is 120 Å². The Bertz CT molecular complexity index is 439. The summed E-state index contributed by atoms with van der Waals surface area (Å²) in [5.41, 5.74) is -0.0895. The van der Waals surface area contributed by atoms with E-state index in [1.807, 2.05) is 13.1 Å². The standard InChI is InChI=1S/C14H24N4O2/c1-14(2,3)13-17-11(15-4)7-12(18-13)16-8-10-9-19-5-6-20-10/h7,10H,5-6,8-9H2,1-4H3,(H2,15,16,17,18). The molecule has 1 aromatic rings. The molecular weight excluding hydrogens is 256 g/mol. The van der Waals surface area contributed by atoms with Crippen LogP contribution in [0.2, 0.25) is 0 Å². The molecule has 1 unspecified atom stereocenters. The van der Waals surface area contributed by atoms with E-state index in [2.05, 4.69) is 41.4 Å². The topological polar surface area (TPSA) is 68.3 Å². The average molecular weight is 280 g/mol. The summed E-state index contributed by atoms with van der Waals surface area (Å²) < 4.78 is 11.0. The van der Waals surface area contributed by atoms with Crippen LogP contribution in [-0.4, -0.2) is 49.5 Å². The summed E-state index contributed by atoms with van der Waals surface area (Å²) in [4.78, 5) is 9.08. The molecule has 0 spiro atoms. The van der Waals surface area contributed by atoms with Crippen molar-refractivity contribution in [1.29, 1.82) is 0 Å². The molecule has 0 radical (unpaired) electrons. The van der Waals surface area contributed by atoms with Crippen LogP contribution in [0.4, 0.5) is 11.6 Å². The Kier molecular flexibility index (Phi) is 4.77. The lowest BCUT2D eigenvalue weighted by atomic mass is 9.96. The van der Waals surface area contributed by atoms with Crippen molar-refractivity contribution in [2.45, 2.75) is 32.3 Å². The van der Waals surface area contributed by atoms with E-state index in [1.165, 1.54) is 0 Å². The second-order valence-corrected chi connectivity index (χ2v) is 5.91. The van der Waals surface area contributed by atoms with Gasteiger partial charge in [0.25, 0.3) is 0 Å². The minimum Gasteiger partial charge on any atom is -0.376 e. The predicted molar refractivity (Wildman–Crippen MR) is 79.3 cm³/mol. The van der Waals surface area contributed by atoms with Crippen molar-refractivity contribution in [2.75, 3.05) is 44.0 Å². The molecule has 2 N–H and O–H groups in total. The molecule has 6 nitrogen and oxygen atoms in total. The Hall–Kier alpha value is -1.40. The lowest BCUT2D eigenvalue weighted by Gasteiger charge is -2.24. The number of nitrogens with zero attached hydrogens (tertiary/aromatic N) is 2. The molecule has 1 aliphatic heterocycles. The molecule has 0 amide bonds. The Morgan fingerprint density at radius 3 is 2.60 bits per heavy atom. The number of aromatic nitrogens is 2. The molecule has 6 heteroatoms. The number of nitrogens with one attached hydrogen (secondary N) is 2. The van der Waals surface area contributed by atoms with Gasteiger partial charge in [-0.2, -0.15) is 0 Å². The Morgan fingerprint density at radius 1 is 1.25 bits per heavy atom. The van der Waals surface area contributed by atoms with Crippen LogP contribution in [0.1, 0.15) is 26.6 Å². The first-order chi connectivity index (χ1) is 9.49. The maximum atomic E-state index is 5.61. The van der Waals surface area contributed by atoms with E-state index in [0.717, 1.165) is 17.5 Å². The molecule has 20 heavy (non-hydrogen) atoms. The molecule has 1 atom stereocenters. The average Bonchev–Trinajstić information content (AvgIpc) is 2.45. The zero-order chi connectivity index (χ0) is 14.6. The summed E-state index contributed by atoms with van der Waals surface area (Å²) in [6.45, 7) is 8.96. The minimum atomic E-state index is -0.0895. The molecular formula is C14H24N4O2. The molecule has 1 saturated heterocycles. The normalized spacial score (nSPS) is 19.7. The van der Waals surface area contributed by atoms with Crippen LogP contribution < -0.4 is 10.6 Å². The molecule has 1 fully saturated rings. The number of ether oxygens (including phenoxy) is 2. The molecule has 2 heterocycles. The maximum absolute atomic E-state index is 5.61. The van der Waals surface area contributed by atoms with Crippen molar-refractivity contribution in [3.8, 4) is 0 Å². The highest BCUT2D eigenvalue weighted by molar-refractivity contribution is 5.47. The molecule has 0 saturated carbocycles. The first kappa shape index (κ1) is 15.0. The molecule has 0 aliphatic carbocycles. The van der Waals surface area contributed by atoms with Crippen LogP contribution in [0.5, 0.6) is 0 Å². The number of anilines is 2.